The van der Waals surface area contributed by atoms with Crippen LogP contribution in [-0.4, -0.2) is 33.2 Å². The van der Waals surface area contributed by atoms with Gasteiger partial charge in [0.15, 0.2) is 0 Å². The summed E-state index contributed by atoms with van der Waals surface area (Å²) in [5.74, 6) is 2.56. The first kappa shape index (κ1) is 20.6. The fraction of sp³-hybridized carbons (Fsp3) is 0.440. The summed E-state index contributed by atoms with van der Waals surface area (Å²) in [5, 5.41) is 10.6. The number of hydrogen-bond acceptors (Lipinski definition) is 4. The van der Waals surface area contributed by atoms with Gasteiger partial charge in [-0.3, -0.25) is 10.00 Å². The van der Waals surface area contributed by atoms with E-state index < -0.39 is 0 Å². The SMILES string of the molecule is C=C(CC1C=C(c2cn[nH]c2C)C=CC1C)Nc1cc(CN2CCC(C)C2)ccn1. The smallest absolute Gasteiger partial charge is 0.130 e. The zero-order chi connectivity index (χ0) is 21.1. The van der Waals surface area contributed by atoms with E-state index in [0.717, 1.165) is 36.1 Å². The molecule has 0 saturated carbocycles. The number of aryl methyl sites for hydroxylation is 1. The molecule has 2 aliphatic rings. The molecule has 1 aliphatic carbocycles. The van der Waals surface area contributed by atoms with Gasteiger partial charge in [0.1, 0.15) is 5.82 Å². The lowest BCUT2D eigenvalue weighted by Crippen LogP contribution is -2.19. The first-order chi connectivity index (χ1) is 14.5. The Morgan fingerprint density at radius 1 is 1.37 bits per heavy atom. The van der Waals surface area contributed by atoms with Gasteiger partial charge in [-0.25, -0.2) is 4.98 Å². The molecule has 2 N–H and O–H groups in total. The topological polar surface area (TPSA) is 56.8 Å². The Bertz CT molecular complexity index is 954. The van der Waals surface area contributed by atoms with Crippen molar-refractivity contribution < 1.29 is 0 Å². The molecule has 0 amide bonds. The molecule has 5 nitrogen and oxygen atoms in total. The van der Waals surface area contributed by atoms with Gasteiger partial charge in [0.2, 0.25) is 0 Å². The fourth-order valence-corrected chi connectivity index (χ4v) is 4.49. The number of nitrogens with zero attached hydrogens (tertiary/aromatic N) is 3. The molecule has 2 aromatic heterocycles. The van der Waals surface area contributed by atoms with Gasteiger partial charge in [0.05, 0.1) is 6.20 Å². The summed E-state index contributed by atoms with van der Waals surface area (Å²) in [6.45, 7) is 14.3. The highest BCUT2D eigenvalue weighted by molar-refractivity contribution is 5.76. The summed E-state index contributed by atoms with van der Waals surface area (Å²) in [4.78, 5) is 7.04. The van der Waals surface area contributed by atoms with Gasteiger partial charge >= 0.3 is 0 Å². The summed E-state index contributed by atoms with van der Waals surface area (Å²) >= 11 is 0. The molecule has 3 atom stereocenters. The van der Waals surface area contributed by atoms with Crippen LogP contribution in [0.25, 0.3) is 5.57 Å². The molecule has 1 saturated heterocycles. The Kier molecular flexibility index (Phi) is 6.18. The molecule has 4 rings (SSSR count). The highest BCUT2D eigenvalue weighted by atomic mass is 15.1. The lowest BCUT2D eigenvalue weighted by Gasteiger charge is -2.24. The number of H-pyrrole nitrogens is 1. The zero-order valence-corrected chi connectivity index (χ0v) is 18.4. The Morgan fingerprint density at radius 3 is 2.97 bits per heavy atom. The van der Waals surface area contributed by atoms with Crippen molar-refractivity contribution in [1.29, 1.82) is 0 Å². The van der Waals surface area contributed by atoms with Crippen LogP contribution in [0.3, 0.4) is 0 Å². The van der Waals surface area contributed by atoms with Crippen molar-refractivity contribution in [3.05, 3.63) is 71.9 Å². The van der Waals surface area contributed by atoms with Gasteiger partial charge in [-0.15, -0.1) is 0 Å². The standard InChI is InChI=1S/C25H33N5/c1-17-8-10-30(15-17)16-21-7-9-26-25(12-21)28-19(3)11-23-13-22(6-5-18(23)2)24-14-27-29-20(24)4/h5-7,9,12-14,17-18,23H,3,8,10-11,15-16H2,1-2,4H3,(H,26,28)(H,27,29). The zero-order valence-electron chi connectivity index (χ0n) is 18.4. The van der Waals surface area contributed by atoms with Crippen LogP contribution in [0.4, 0.5) is 5.82 Å². The largest absolute Gasteiger partial charge is 0.344 e. The van der Waals surface area contributed by atoms with E-state index in [2.05, 4.69) is 83.1 Å². The number of allylic oxidation sites excluding steroid dienone is 5. The number of nitrogens with one attached hydrogen (secondary N) is 2. The Morgan fingerprint density at radius 2 is 2.23 bits per heavy atom. The first-order valence-electron chi connectivity index (χ1n) is 11.0. The minimum atomic E-state index is 0.397. The maximum absolute atomic E-state index is 4.52. The maximum Gasteiger partial charge on any atom is 0.130 e. The minimum Gasteiger partial charge on any atom is -0.344 e. The molecule has 0 bridgehead atoms. The first-order valence-corrected chi connectivity index (χ1v) is 11.0. The molecule has 3 heterocycles. The third-order valence-corrected chi connectivity index (χ3v) is 6.31. The second kappa shape index (κ2) is 9.00. The lowest BCUT2D eigenvalue weighted by molar-refractivity contribution is 0.320. The van der Waals surface area contributed by atoms with E-state index in [-0.39, 0.29) is 0 Å². The van der Waals surface area contributed by atoms with Gasteiger partial charge in [0, 0.05) is 36.2 Å². The number of likely N-dealkylation sites (tertiary alicyclic amines) is 1. The Labute approximate surface area is 180 Å². The van der Waals surface area contributed by atoms with Crippen molar-refractivity contribution >= 4 is 11.4 Å². The number of pyridine rings is 1. The van der Waals surface area contributed by atoms with Crippen molar-refractivity contribution in [2.75, 3.05) is 18.4 Å². The van der Waals surface area contributed by atoms with Gasteiger partial charge in [-0.05, 0) is 67.3 Å². The molecule has 3 unspecified atom stereocenters. The number of anilines is 1. The van der Waals surface area contributed by atoms with E-state index in [1.54, 1.807) is 0 Å². The third kappa shape index (κ3) is 4.90. The lowest BCUT2D eigenvalue weighted by atomic mass is 9.82. The highest BCUT2D eigenvalue weighted by Gasteiger charge is 2.21. The van der Waals surface area contributed by atoms with Crippen LogP contribution in [0.2, 0.25) is 0 Å². The van der Waals surface area contributed by atoms with Crippen LogP contribution < -0.4 is 5.32 Å². The van der Waals surface area contributed by atoms with Gasteiger partial charge in [0.25, 0.3) is 0 Å². The van der Waals surface area contributed by atoms with Crippen LogP contribution >= 0.6 is 0 Å². The summed E-state index contributed by atoms with van der Waals surface area (Å²) in [6, 6.07) is 4.28. The van der Waals surface area contributed by atoms with Gasteiger partial charge in [-0.2, -0.15) is 5.10 Å². The molecular weight excluding hydrogens is 370 g/mol. The van der Waals surface area contributed by atoms with Crippen LogP contribution in [0.1, 0.15) is 43.5 Å². The maximum atomic E-state index is 4.52. The fourth-order valence-electron chi connectivity index (χ4n) is 4.49. The predicted molar refractivity (Wildman–Crippen MR) is 124 cm³/mol. The van der Waals surface area contributed by atoms with E-state index in [4.69, 9.17) is 0 Å². The quantitative estimate of drug-likeness (QED) is 0.669. The highest BCUT2D eigenvalue weighted by Crippen LogP contribution is 2.32. The number of aromatic nitrogens is 3. The van der Waals surface area contributed by atoms with Gasteiger partial charge < -0.3 is 5.32 Å². The van der Waals surface area contributed by atoms with Gasteiger partial charge in [-0.1, -0.05) is 38.7 Å². The van der Waals surface area contributed by atoms with E-state index in [9.17, 15) is 0 Å². The Balaban J connectivity index is 1.38. The van der Waals surface area contributed by atoms with Crippen LogP contribution in [0.15, 0.2) is 55.0 Å². The molecule has 0 aromatic carbocycles. The average Bonchev–Trinajstić information content (AvgIpc) is 3.32. The van der Waals surface area contributed by atoms with Crippen molar-refractivity contribution in [2.45, 2.75) is 40.2 Å². The van der Waals surface area contributed by atoms with Crippen LogP contribution in [-0.2, 0) is 6.54 Å². The summed E-state index contributed by atoms with van der Waals surface area (Å²) in [7, 11) is 0. The third-order valence-electron chi connectivity index (χ3n) is 6.31. The van der Waals surface area contributed by atoms with E-state index in [0.29, 0.717) is 11.8 Å². The van der Waals surface area contributed by atoms with Crippen molar-refractivity contribution in [3.63, 3.8) is 0 Å². The van der Waals surface area contributed by atoms with E-state index in [1.165, 1.54) is 36.2 Å². The molecule has 1 aliphatic heterocycles. The monoisotopic (exact) mass is 403 g/mol. The number of rotatable bonds is 7. The molecule has 2 aromatic rings. The molecule has 158 valence electrons. The van der Waals surface area contributed by atoms with Crippen LogP contribution in [0.5, 0.6) is 0 Å². The normalized spacial score (nSPS) is 24.1. The summed E-state index contributed by atoms with van der Waals surface area (Å²) in [5.41, 5.74) is 5.82. The number of aromatic amines is 1. The van der Waals surface area contributed by atoms with Crippen molar-refractivity contribution in [3.8, 4) is 0 Å². The molecule has 1 fully saturated rings. The number of hydrogen-bond donors (Lipinski definition) is 2. The van der Waals surface area contributed by atoms with Crippen molar-refractivity contribution in [1.82, 2.24) is 20.1 Å². The second-order valence-corrected chi connectivity index (χ2v) is 9.02. The summed E-state index contributed by atoms with van der Waals surface area (Å²) in [6.07, 6.45) is 12.8. The molecule has 5 heteroatoms. The van der Waals surface area contributed by atoms with Crippen molar-refractivity contribution in [2.24, 2.45) is 17.8 Å². The molecular formula is C25H33N5. The summed E-state index contributed by atoms with van der Waals surface area (Å²) < 4.78 is 0. The van der Waals surface area contributed by atoms with Crippen LogP contribution in [0, 0.1) is 24.7 Å². The second-order valence-electron chi connectivity index (χ2n) is 9.02. The Hall–Kier alpha value is -2.66. The molecule has 0 spiro atoms. The minimum absolute atomic E-state index is 0.397. The predicted octanol–water partition coefficient (Wildman–Crippen LogP) is 5.18. The molecule has 30 heavy (non-hydrogen) atoms. The molecule has 0 radical (unpaired) electrons. The van der Waals surface area contributed by atoms with E-state index in [1.807, 2.05) is 12.4 Å². The van der Waals surface area contributed by atoms with E-state index >= 15 is 0 Å². The average molecular weight is 404 g/mol.